The van der Waals surface area contributed by atoms with Crippen LogP contribution in [0.4, 0.5) is 19.0 Å². The fourth-order valence-electron chi connectivity index (χ4n) is 3.18. The topological polar surface area (TPSA) is 59.8 Å². The van der Waals surface area contributed by atoms with Crippen LogP contribution in [0.1, 0.15) is 21.6 Å². The molecule has 4 aromatic rings. The van der Waals surface area contributed by atoms with Crippen molar-refractivity contribution in [3.63, 3.8) is 0 Å². The second-order valence-corrected chi connectivity index (χ2v) is 6.96. The minimum Gasteiger partial charge on any atom is -0.306 e. The molecule has 0 aliphatic carbocycles. The molecule has 1 amide bonds. The molecule has 1 N–H and O–H groups in total. The number of para-hydroxylation sites is 1. The lowest BCUT2D eigenvalue weighted by atomic mass is 10.1. The van der Waals surface area contributed by atoms with Gasteiger partial charge in [-0.1, -0.05) is 18.2 Å². The monoisotopic (exact) mass is 422 g/mol. The Labute approximate surface area is 176 Å². The van der Waals surface area contributed by atoms with Gasteiger partial charge in [0.25, 0.3) is 5.91 Å². The van der Waals surface area contributed by atoms with Crippen molar-refractivity contribution in [2.75, 3.05) is 5.32 Å². The van der Waals surface area contributed by atoms with Gasteiger partial charge in [0, 0.05) is 23.5 Å². The minimum atomic E-state index is -0.951. The van der Waals surface area contributed by atoms with Crippen LogP contribution < -0.4 is 5.32 Å². The lowest BCUT2D eigenvalue weighted by Crippen LogP contribution is -2.17. The number of carbonyl (C=O) groups excluding carboxylic acids is 1. The second kappa shape index (κ2) is 8.06. The van der Waals surface area contributed by atoms with Crippen LogP contribution in [0.25, 0.3) is 16.8 Å². The van der Waals surface area contributed by atoms with Crippen LogP contribution in [0.5, 0.6) is 0 Å². The van der Waals surface area contributed by atoms with Gasteiger partial charge in [0.05, 0.1) is 5.69 Å². The van der Waals surface area contributed by atoms with E-state index in [9.17, 15) is 18.0 Å². The van der Waals surface area contributed by atoms with Crippen LogP contribution in [-0.4, -0.2) is 20.7 Å². The Hall–Kier alpha value is -3.94. The average Bonchev–Trinajstić information content (AvgIpc) is 3.13. The zero-order valence-corrected chi connectivity index (χ0v) is 16.7. The Morgan fingerprint density at radius 1 is 0.968 bits per heavy atom. The minimum absolute atomic E-state index is 0.133. The van der Waals surface area contributed by atoms with Crippen LogP contribution in [0.3, 0.4) is 0 Å². The van der Waals surface area contributed by atoms with E-state index in [4.69, 9.17) is 0 Å². The van der Waals surface area contributed by atoms with Crippen molar-refractivity contribution < 1.29 is 18.0 Å². The standard InChI is InChI=1S/C23H17F3N4O/c1-13-7-9-18(25)21(22(13)26)23(31)28-20-10-8-15(11-27-20)16-12-30(29-14(16)2)19-6-4-3-5-17(19)24/h3-12H,1-2H3,(H,27,28,31). The molecule has 0 bridgehead atoms. The number of amides is 1. The highest BCUT2D eigenvalue weighted by Crippen LogP contribution is 2.25. The number of benzene rings is 2. The highest BCUT2D eigenvalue weighted by Gasteiger charge is 2.20. The maximum Gasteiger partial charge on any atom is 0.262 e. The molecule has 0 aliphatic heterocycles. The van der Waals surface area contributed by atoms with Crippen molar-refractivity contribution >= 4 is 11.7 Å². The van der Waals surface area contributed by atoms with Crippen molar-refractivity contribution in [2.45, 2.75) is 13.8 Å². The number of anilines is 1. The summed E-state index contributed by atoms with van der Waals surface area (Å²) in [6.07, 6.45) is 3.18. The van der Waals surface area contributed by atoms with Gasteiger partial charge < -0.3 is 5.32 Å². The number of hydrogen-bond acceptors (Lipinski definition) is 3. The molecule has 0 saturated heterocycles. The van der Waals surface area contributed by atoms with Crippen LogP contribution in [0.2, 0.25) is 0 Å². The Kier molecular flexibility index (Phi) is 5.29. The number of nitrogens with one attached hydrogen (secondary N) is 1. The maximum absolute atomic E-state index is 14.2. The highest BCUT2D eigenvalue weighted by molar-refractivity contribution is 6.04. The molecule has 0 saturated carbocycles. The van der Waals surface area contributed by atoms with Crippen molar-refractivity contribution in [3.05, 3.63) is 95.2 Å². The van der Waals surface area contributed by atoms with E-state index in [1.165, 1.54) is 36.0 Å². The van der Waals surface area contributed by atoms with Gasteiger partial charge in [-0.15, -0.1) is 0 Å². The van der Waals surface area contributed by atoms with Crippen molar-refractivity contribution in [3.8, 4) is 16.8 Å². The van der Waals surface area contributed by atoms with E-state index in [0.29, 0.717) is 16.9 Å². The summed E-state index contributed by atoms with van der Waals surface area (Å²) in [5, 5.41) is 6.75. The molecule has 0 aliphatic rings. The Morgan fingerprint density at radius 3 is 2.45 bits per heavy atom. The molecule has 0 radical (unpaired) electrons. The summed E-state index contributed by atoms with van der Waals surface area (Å²) in [4.78, 5) is 16.5. The van der Waals surface area contributed by atoms with E-state index >= 15 is 0 Å². The molecular weight excluding hydrogens is 405 g/mol. The normalized spacial score (nSPS) is 10.9. The summed E-state index contributed by atoms with van der Waals surface area (Å²) < 4.78 is 43.6. The molecule has 31 heavy (non-hydrogen) atoms. The largest absolute Gasteiger partial charge is 0.306 e. The number of carbonyl (C=O) groups is 1. The lowest BCUT2D eigenvalue weighted by molar-refractivity contribution is 0.101. The first-order valence-electron chi connectivity index (χ1n) is 9.38. The Morgan fingerprint density at radius 2 is 1.74 bits per heavy atom. The highest BCUT2D eigenvalue weighted by atomic mass is 19.1. The molecule has 0 spiro atoms. The second-order valence-electron chi connectivity index (χ2n) is 6.96. The van der Waals surface area contributed by atoms with Gasteiger partial charge in [0.1, 0.15) is 34.5 Å². The van der Waals surface area contributed by atoms with Crippen LogP contribution in [0.15, 0.2) is 60.9 Å². The first-order chi connectivity index (χ1) is 14.8. The van der Waals surface area contributed by atoms with Crippen LogP contribution >= 0.6 is 0 Å². The molecular formula is C23H17F3N4O. The zero-order valence-electron chi connectivity index (χ0n) is 16.7. The molecule has 0 fully saturated rings. The quantitative estimate of drug-likeness (QED) is 0.491. The predicted molar refractivity (Wildman–Crippen MR) is 111 cm³/mol. The number of aryl methyl sites for hydroxylation is 2. The number of halogens is 3. The summed E-state index contributed by atoms with van der Waals surface area (Å²) in [7, 11) is 0. The summed E-state index contributed by atoms with van der Waals surface area (Å²) in [6.45, 7) is 3.23. The number of aromatic nitrogens is 3. The first kappa shape index (κ1) is 20.3. The van der Waals surface area contributed by atoms with Crippen LogP contribution in [0, 0.1) is 31.3 Å². The SMILES string of the molecule is Cc1ccc(F)c(C(=O)Nc2ccc(-c3cn(-c4ccccc4F)nc3C)cn2)c1F. The van der Waals surface area contributed by atoms with Crippen molar-refractivity contribution in [2.24, 2.45) is 0 Å². The molecule has 2 heterocycles. The maximum atomic E-state index is 14.2. The van der Waals surface area contributed by atoms with E-state index in [1.54, 1.807) is 37.4 Å². The fraction of sp³-hybridized carbons (Fsp3) is 0.0870. The van der Waals surface area contributed by atoms with E-state index in [-0.39, 0.29) is 11.4 Å². The van der Waals surface area contributed by atoms with Gasteiger partial charge in [0.2, 0.25) is 0 Å². The van der Waals surface area contributed by atoms with Gasteiger partial charge in [0.15, 0.2) is 0 Å². The molecule has 2 aromatic carbocycles. The molecule has 8 heteroatoms. The predicted octanol–water partition coefficient (Wildman–Crippen LogP) is 5.22. The Balaban J connectivity index is 1.58. The van der Waals surface area contributed by atoms with E-state index < -0.39 is 28.9 Å². The van der Waals surface area contributed by atoms with Crippen molar-refractivity contribution in [1.82, 2.24) is 14.8 Å². The third kappa shape index (κ3) is 3.92. The number of hydrogen-bond donors (Lipinski definition) is 1. The van der Waals surface area contributed by atoms with Crippen molar-refractivity contribution in [1.29, 1.82) is 0 Å². The van der Waals surface area contributed by atoms with Crippen LogP contribution in [-0.2, 0) is 0 Å². The van der Waals surface area contributed by atoms with E-state index in [2.05, 4.69) is 15.4 Å². The molecule has 156 valence electrons. The molecule has 2 aromatic heterocycles. The average molecular weight is 422 g/mol. The van der Waals surface area contributed by atoms with Gasteiger partial charge in [-0.05, 0) is 49.7 Å². The van der Waals surface area contributed by atoms with Gasteiger partial charge in [-0.2, -0.15) is 5.10 Å². The summed E-state index contributed by atoms with van der Waals surface area (Å²) in [5.74, 6) is -3.06. The molecule has 5 nitrogen and oxygen atoms in total. The number of pyridine rings is 1. The number of rotatable bonds is 4. The molecule has 4 rings (SSSR count). The van der Waals surface area contributed by atoms with Gasteiger partial charge in [-0.3, -0.25) is 4.79 Å². The lowest BCUT2D eigenvalue weighted by Gasteiger charge is -2.08. The van der Waals surface area contributed by atoms with Gasteiger partial charge >= 0.3 is 0 Å². The fourth-order valence-corrected chi connectivity index (χ4v) is 3.18. The summed E-state index contributed by atoms with van der Waals surface area (Å²) in [5.41, 5.74) is 1.89. The number of nitrogens with zero attached hydrogens (tertiary/aromatic N) is 3. The summed E-state index contributed by atoms with van der Waals surface area (Å²) in [6, 6.07) is 11.8. The van der Waals surface area contributed by atoms with E-state index in [0.717, 1.165) is 11.6 Å². The third-order valence-corrected chi connectivity index (χ3v) is 4.83. The van der Waals surface area contributed by atoms with Gasteiger partial charge in [-0.25, -0.2) is 22.8 Å². The Bertz CT molecular complexity index is 1280. The smallest absolute Gasteiger partial charge is 0.262 e. The summed E-state index contributed by atoms with van der Waals surface area (Å²) >= 11 is 0. The molecule has 0 unspecified atom stereocenters. The zero-order chi connectivity index (χ0) is 22.1. The van der Waals surface area contributed by atoms with E-state index in [1.807, 2.05) is 0 Å². The molecule has 0 atom stereocenters. The first-order valence-corrected chi connectivity index (χ1v) is 9.38. The third-order valence-electron chi connectivity index (χ3n) is 4.83.